The third kappa shape index (κ3) is 2.71. The SMILES string of the molecule is COc1ccc(-c2cc(SC)cc(N)n2)cc1. The normalized spacial score (nSPS) is 10.2. The maximum Gasteiger partial charge on any atom is 0.125 e. The molecule has 0 spiro atoms. The van der Waals surface area contributed by atoms with Crippen LogP contribution in [0.4, 0.5) is 5.82 Å². The van der Waals surface area contributed by atoms with Crippen LogP contribution in [-0.4, -0.2) is 18.3 Å². The summed E-state index contributed by atoms with van der Waals surface area (Å²) in [5, 5.41) is 0. The summed E-state index contributed by atoms with van der Waals surface area (Å²) in [7, 11) is 1.65. The summed E-state index contributed by atoms with van der Waals surface area (Å²) < 4.78 is 5.12. The number of anilines is 1. The third-order valence-corrected chi connectivity index (χ3v) is 3.15. The predicted octanol–water partition coefficient (Wildman–Crippen LogP) is 3.06. The van der Waals surface area contributed by atoms with Gasteiger partial charge in [-0.05, 0) is 42.7 Å². The number of nitrogens with two attached hydrogens (primary N) is 1. The molecule has 1 aromatic carbocycles. The topological polar surface area (TPSA) is 48.1 Å². The lowest BCUT2D eigenvalue weighted by Gasteiger charge is -2.06. The second-order valence-corrected chi connectivity index (χ2v) is 4.43. The molecule has 88 valence electrons. The predicted molar refractivity (Wildman–Crippen MR) is 72.4 cm³/mol. The monoisotopic (exact) mass is 246 g/mol. The van der Waals surface area contributed by atoms with Gasteiger partial charge in [-0.25, -0.2) is 4.98 Å². The van der Waals surface area contributed by atoms with Crippen molar-refractivity contribution in [3.05, 3.63) is 36.4 Å². The number of pyridine rings is 1. The van der Waals surface area contributed by atoms with Crippen molar-refractivity contribution in [3.8, 4) is 17.0 Å². The summed E-state index contributed by atoms with van der Waals surface area (Å²) in [6, 6.07) is 11.7. The molecule has 0 saturated carbocycles. The van der Waals surface area contributed by atoms with Gasteiger partial charge in [-0.15, -0.1) is 11.8 Å². The highest BCUT2D eigenvalue weighted by atomic mass is 32.2. The fraction of sp³-hybridized carbons (Fsp3) is 0.154. The number of ether oxygens (including phenoxy) is 1. The Morgan fingerprint density at radius 3 is 2.47 bits per heavy atom. The van der Waals surface area contributed by atoms with E-state index in [4.69, 9.17) is 10.5 Å². The van der Waals surface area contributed by atoms with Gasteiger partial charge in [0, 0.05) is 10.5 Å². The first kappa shape index (κ1) is 11.8. The Balaban J connectivity index is 2.41. The van der Waals surface area contributed by atoms with E-state index in [1.54, 1.807) is 18.9 Å². The highest BCUT2D eigenvalue weighted by Gasteiger charge is 2.03. The average Bonchev–Trinajstić information content (AvgIpc) is 2.38. The highest BCUT2D eigenvalue weighted by molar-refractivity contribution is 7.98. The van der Waals surface area contributed by atoms with Crippen molar-refractivity contribution in [3.63, 3.8) is 0 Å². The molecule has 0 fully saturated rings. The van der Waals surface area contributed by atoms with Crippen molar-refractivity contribution in [2.75, 3.05) is 19.1 Å². The third-order valence-electron chi connectivity index (χ3n) is 2.44. The van der Waals surface area contributed by atoms with Crippen LogP contribution in [0.2, 0.25) is 0 Å². The molecule has 0 bridgehead atoms. The van der Waals surface area contributed by atoms with Crippen LogP contribution in [0.5, 0.6) is 5.75 Å². The molecule has 2 rings (SSSR count). The molecule has 0 aliphatic heterocycles. The van der Waals surface area contributed by atoms with E-state index in [1.165, 1.54) is 0 Å². The molecule has 0 amide bonds. The van der Waals surface area contributed by atoms with Gasteiger partial charge >= 0.3 is 0 Å². The number of nitrogen functional groups attached to an aromatic ring is 1. The Bertz CT molecular complexity index is 511. The Kier molecular flexibility index (Phi) is 3.54. The second kappa shape index (κ2) is 5.10. The van der Waals surface area contributed by atoms with E-state index in [9.17, 15) is 0 Å². The van der Waals surface area contributed by atoms with Gasteiger partial charge in [-0.1, -0.05) is 0 Å². The summed E-state index contributed by atoms with van der Waals surface area (Å²) in [5.41, 5.74) is 7.70. The van der Waals surface area contributed by atoms with Crippen molar-refractivity contribution in [1.29, 1.82) is 0 Å². The molecule has 1 aromatic heterocycles. The summed E-state index contributed by atoms with van der Waals surface area (Å²) >= 11 is 1.65. The number of thioether (sulfide) groups is 1. The molecular formula is C13H14N2OS. The molecular weight excluding hydrogens is 232 g/mol. The molecule has 3 nitrogen and oxygen atoms in total. The maximum absolute atomic E-state index is 5.78. The Labute approximate surface area is 105 Å². The molecule has 1 heterocycles. The van der Waals surface area contributed by atoms with Crippen LogP contribution in [-0.2, 0) is 0 Å². The fourth-order valence-corrected chi connectivity index (χ4v) is 2.02. The van der Waals surface area contributed by atoms with Gasteiger partial charge in [0.25, 0.3) is 0 Å². The number of hydrogen-bond acceptors (Lipinski definition) is 4. The molecule has 0 unspecified atom stereocenters. The van der Waals surface area contributed by atoms with Crippen molar-refractivity contribution in [1.82, 2.24) is 4.98 Å². The fourth-order valence-electron chi connectivity index (χ4n) is 1.55. The van der Waals surface area contributed by atoms with E-state index >= 15 is 0 Å². The zero-order valence-corrected chi connectivity index (χ0v) is 10.6. The molecule has 0 aliphatic carbocycles. The minimum absolute atomic E-state index is 0.544. The van der Waals surface area contributed by atoms with Crippen molar-refractivity contribution in [2.24, 2.45) is 0 Å². The highest BCUT2D eigenvalue weighted by Crippen LogP contribution is 2.26. The molecule has 0 aliphatic rings. The minimum atomic E-state index is 0.544. The van der Waals surface area contributed by atoms with E-state index in [0.29, 0.717) is 5.82 Å². The van der Waals surface area contributed by atoms with Crippen LogP contribution < -0.4 is 10.5 Å². The molecule has 4 heteroatoms. The molecule has 0 atom stereocenters. The zero-order valence-electron chi connectivity index (χ0n) is 9.81. The van der Waals surface area contributed by atoms with Gasteiger partial charge in [0.15, 0.2) is 0 Å². The molecule has 0 saturated heterocycles. The van der Waals surface area contributed by atoms with Crippen LogP contribution in [0, 0.1) is 0 Å². The zero-order chi connectivity index (χ0) is 12.3. The first-order valence-electron chi connectivity index (χ1n) is 5.19. The Morgan fingerprint density at radius 2 is 1.88 bits per heavy atom. The van der Waals surface area contributed by atoms with Crippen molar-refractivity contribution >= 4 is 17.6 Å². The lowest BCUT2D eigenvalue weighted by molar-refractivity contribution is 0.415. The van der Waals surface area contributed by atoms with Gasteiger partial charge in [-0.2, -0.15) is 0 Å². The van der Waals surface area contributed by atoms with Gasteiger partial charge in [0.1, 0.15) is 11.6 Å². The van der Waals surface area contributed by atoms with Gasteiger partial charge in [0.05, 0.1) is 12.8 Å². The first-order chi connectivity index (χ1) is 8.22. The van der Waals surface area contributed by atoms with Crippen LogP contribution in [0.15, 0.2) is 41.3 Å². The van der Waals surface area contributed by atoms with Crippen LogP contribution >= 0.6 is 11.8 Å². The summed E-state index contributed by atoms with van der Waals surface area (Å²) in [6.07, 6.45) is 2.02. The quantitative estimate of drug-likeness (QED) is 0.846. The summed E-state index contributed by atoms with van der Waals surface area (Å²) in [5.74, 6) is 1.38. The Morgan fingerprint density at radius 1 is 1.18 bits per heavy atom. The van der Waals surface area contributed by atoms with Crippen molar-refractivity contribution < 1.29 is 4.74 Å². The standard InChI is InChI=1S/C13H14N2OS/c1-16-10-5-3-9(4-6-10)12-7-11(17-2)8-13(14)15-12/h3-8H,1-2H3,(H2,14,15). The average molecular weight is 246 g/mol. The number of nitrogens with zero attached hydrogens (tertiary/aromatic N) is 1. The molecule has 0 radical (unpaired) electrons. The maximum atomic E-state index is 5.78. The van der Waals surface area contributed by atoms with Crippen LogP contribution in [0.25, 0.3) is 11.3 Å². The van der Waals surface area contributed by atoms with E-state index in [-0.39, 0.29) is 0 Å². The van der Waals surface area contributed by atoms with E-state index in [1.807, 2.05) is 42.7 Å². The lowest BCUT2D eigenvalue weighted by Crippen LogP contribution is -1.93. The smallest absolute Gasteiger partial charge is 0.125 e. The largest absolute Gasteiger partial charge is 0.497 e. The van der Waals surface area contributed by atoms with E-state index < -0.39 is 0 Å². The number of hydrogen-bond donors (Lipinski definition) is 1. The number of methoxy groups -OCH3 is 1. The van der Waals surface area contributed by atoms with Gasteiger partial charge in [-0.3, -0.25) is 0 Å². The summed E-state index contributed by atoms with van der Waals surface area (Å²) in [4.78, 5) is 5.45. The number of rotatable bonds is 3. The molecule has 2 aromatic rings. The summed E-state index contributed by atoms with van der Waals surface area (Å²) in [6.45, 7) is 0. The van der Waals surface area contributed by atoms with E-state index in [0.717, 1.165) is 21.9 Å². The van der Waals surface area contributed by atoms with Gasteiger partial charge < -0.3 is 10.5 Å². The second-order valence-electron chi connectivity index (χ2n) is 3.55. The number of aromatic nitrogens is 1. The van der Waals surface area contributed by atoms with E-state index in [2.05, 4.69) is 4.98 Å². The minimum Gasteiger partial charge on any atom is -0.497 e. The van der Waals surface area contributed by atoms with Crippen molar-refractivity contribution in [2.45, 2.75) is 4.90 Å². The first-order valence-corrected chi connectivity index (χ1v) is 6.41. The van der Waals surface area contributed by atoms with Gasteiger partial charge in [0.2, 0.25) is 0 Å². The Hall–Kier alpha value is -1.68. The lowest BCUT2D eigenvalue weighted by atomic mass is 10.1. The molecule has 17 heavy (non-hydrogen) atoms. The number of benzene rings is 1. The van der Waals surface area contributed by atoms with Crippen LogP contribution in [0.1, 0.15) is 0 Å². The molecule has 2 N–H and O–H groups in total. The van der Waals surface area contributed by atoms with Crippen LogP contribution in [0.3, 0.4) is 0 Å².